The minimum atomic E-state index is -0.317. The number of nitrogens with zero attached hydrogens (tertiary/aromatic N) is 1. The Morgan fingerprint density at radius 2 is 2.03 bits per heavy atom. The van der Waals surface area contributed by atoms with Crippen LogP contribution in [0.4, 0.5) is 5.69 Å². The highest BCUT2D eigenvalue weighted by Crippen LogP contribution is 2.36. The maximum absolute atomic E-state index is 12.7. The summed E-state index contributed by atoms with van der Waals surface area (Å²) in [6.45, 7) is 5.68. The van der Waals surface area contributed by atoms with Gasteiger partial charge in [-0.25, -0.2) is 0 Å². The van der Waals surface area contributed by atoms with Crippen LogP contribution in [0.25, 0.3) is 0 Å². The molecule has 1 aromatic rings. The number of hydrogen-bond donors (Lipinski definition) is 1. The fourth-order valence-electron chi connectivity index (χ4n) is 3.12. The SMILES string of the molecule is C=CCCCCCC(=O)N(C)c1cc(C/C(C)=C/C=C/C(CO)OC)cc(OC)c1Cl. The van der Waals surface area contributed by atoms with Crippen LogP contribution in [0.1, 0.15) is 44.6 Å². The number of allylic oxidation sites excluding steroid dienone is 4. The Labute approximate surface area is 192 Å². The van der Waals surface area contributed by atoms with E-state index in [2.05, 4.69) is 6.58 Å². The van der Waals surface area contributed by atoms with E-state index in [1.807, 2.05) is 37.3 Å². The summed E-state index contributed by atoms with van der Waals surface area (Å²) in [5.74, 6) is 0.576. The van der Waals surface area contributed by atoms with E-state index in [1.54, 1.807) is 32.2 Å². The van der Waals surface area contributed by atoms with E-state index in [0.717, 1.165) is 36.8 Å². The second kappa shape index (κ2) is 14.8. The number of anilines is 1. The zero-order valence-corrected chi connectivity index (χ0v) is 20.0. The van der Waals surface area contributed by atoms with Gasteiger partial charge in [0.15, 0.2) is 0 Å². The molecule has 0 aliphatic carbocycles. The van der Waals surface area contributed by atoms with Crippen molar-refractivity contribution >= 4 is 23.2 Å². The summed E-state index contributed by atoms with van der Waals surface area (Å²) in [6.07, 6.45) is 12.3. The Bertz CT molecular complexity index is 769. The molecule has 0 radical (unpaired) electrons. The fourth-order valence-corrected chi connectivity index (χ4v) is 3.43. The molecule has 0 spiro atoms. The lowest BCUT2D eigenvalue weighted by Crippen LogP contribution is -2.26. The lowest BCUT2D eigenvalue weighted by Gasteiger charge is -2.21. The molecule has 1 rings (SSSR count). The molecule has 31 heavy (non-hydrogen) atoms. The molecular weight excluding hydrogens is 414 g/mol. The number of carbonyl (C=O) groups excluding carboxylic acids is 1. The monoisotopic (exact) mass is 449 g/mol. The Morgan fingerprint density at radius 3 is 2.65 bits per heavy atom. The second-order valence-electron chi connectivity index (χ2n) is 7.50. The van der Waals surface area contributed by atoms with Crippen molar-refractivity contribution < 1.29 is 19.4 Å². The molecule has 172 valence electrons. The standard InChI is InChI=1S/C25H36ClNO4/c1-6-7-8-9-10-14-24(29)27(3)22-16-20(17-23(31-5)25(22)26)15-19(2)12-11-13-21(18-28)30-4/h6,11-13,16-17,21,28H,1,7-10,14-15,18H2,2-5H3/b13-11+,19-12+. The van der Waals surface area contributed by atoms with Gasteiger partial charge in [-0.05, 0) is 50.3 Å². The number of aliphatic hydroxyl groups is 1. The van der Waals surface area contributed by atoms with Crippen LogP contribution < -0.4 is 9.64 Å². The first-order chi connectivity index (χ1) is 14.9. The van der Waals surface area contributed by atoms with Gasteiger partial charge in [0, 0.05) is 20.6 Å². The van der Waals surface area contributed by atoms with E-state index in [4.69, 9.17) is 21.1 Å². The Morgan fingerprint density at radius 1 is 1.29 bits per heavy atom. The summed E-state index contributed by atoms with van der Waals surface area (Å²) < 4.78 is 10.6. The number of halogens is 1. The zero-order valence-electron chi connectivity index (χ0n) is 19.2. The predicted octanol–water partition coefficient (Wildman–Crippen LogP) is 5.50. The van der Waals surface area contributed by atoms with E-state index in [-0.39, 0.29) is 18.6 Å². The molecule has 1 amide bonds. The number of benzene rings is 1. The lowest BCUT2D eigenvalue weighted by molar-refractivity contribution is -0.118. The summed E-state index contributed by atoms with van der Waals surface area (Å²) in [6, 6.07) is 3.83. The van der Waals surface area contributed by atoms with E-state index in [9.17, 15) is 9.90 Å². The van der Waals surface area contributed by atoms with Crippen molar-refractivity contribution in [2.45, 2.75) is 51.6 Å². The van der Waals surface area contributed by atoms with Gasteiger partial charge in [0.25, 0.3) is 0 Å². The van der Waals surface area contributed by atoms with Gasteiger partial charge in [-0.1, -0.05) is 47.9 Å². The van der Waals surface area contributed by atoms with Gasteiger partial charge in [0.05, 0.1) is 25.5 Å². The minimum absolute atomic E-state index is 0.0320. The van der Waals surface area contributed by atoms with E-state index >= 15 is 0 Å². The van der Waals surface area contributed by atoms with Crippen molar-refractivity contribution in [3.63, 3.8) is 0 Å². The summed E-state index contributed by atoms with van der Waals surface area (Å²) in [4.78, 5) is 14.3. The molecule has 1 unspecified atom stereocenters. The number of carbonyl (C=O) groups is 1. The molecular formula is C25H36ClNO4. The van der Waals surface area contributed by atoms with E-state index in [0.29, 0.717) is 29.3 Å². The van der Waals surface area contributed by atoms with Crippen LogP contribution >= 0.6 is 11.6 Å². The smallest absolute Gasteiger partial charge is 0.226 e. The van der Waals surface area contributed by atoms with Crippen LogP contribution in [-0.2, 0) is 16.0 Å². The van der Waals surface area contributed by atoms with Crippen molar-refractivity contribution in [1.82, 2.24) is 0 Å². The van der Waals surface area contributed by atoms with E-state index in [1.165, 1.54) is 0 Å². The highest BCUT2D eigenvalue weighted by Gasteiger charge is 2.18. The average Bonchev–Trinajstić information content (AvgIpc) is 2.77. The molecule has 0 saturated heterocycles. The number of hydrogen-bond acceptors (Lipinski definition) is 4. The van der Waals surface area contributed by atoms with Crippen molar-refractivity contribution in [2.24, 2.45) is 0 Å². The predicted molar refractivity (Wildman–Crippen MR) is 129 cm³/mol. The van der Waals surface area contributed by atoms with E-state index < -0.39 is 0 Å². The van der Waals surface area contributed by atoms with Gasteiger partial charge in [-0.3, -0.25) is 4.79 Å². The molecule has 0 saturated carbocycles. The number of aliphatic hydroxyl groups excluding tert-OH is 1. The normalized spacial score (nSPS) is 12.8. The highest BCUT2D eigenvalue weighted by molar-refractivity contribution is 6.35. The molecule has 1 aromatic carbocycles. The molecule has 1 N–H and O–H groups in total. The van der Waals surface area contributed by atoms with Gasteiger partial charge < -0.3 is 19.5 Å². The first kappa shape index (κ1) is 27.0. The molecule has 0 heterocycles. The summed E-state index contributed by atoms with van der Waals surface area (Å²) in [5.41, 5.74) is 2.75. The third kappa shape index (κ3) is 9.30. The largest absolute Gasteiger partial charge is 0.495 e. The molecule has 0 fully saturated rings. The second-order valence-corrected chi connectivity index (χ2v) is 7.88. The number of amides is 1. The summed E-state index contributed by atoms with van der Waals surface area (Å²) in [5, 5.41) is 9.60. The molecule has 1 atom stereocenters. The molecule has 0 aliphatic rings. The topological polar surface area (TPSA) is 59.0 Å². The third-order valence-corrected chi connectivity index (χ3v) is 5.39. The average molecular weight is 450 g/mol. The van der Waals surface area contributed by atoms with Crippen LogP contribution in [0, 0.1) is 0 Å². The quantitative estimate of drug-likeness (QED) is 0.231. The van der Waals surface area contributed by atoms with Crippen LogP contribution in [-0.4, -0.2) is 45.0 Å². The lowest BCUT2D eigenvalue weighted by atomic mass is 10.0. The van der Waals surface area contributed by atoms with Gasteiger partial charge in [-0.2, -0.15) is 0 Å². The van der Waals surface area contributed by atoms with Crippen LogP contribution in [0.2, 0.25) is 5.02 Å². The number of methoxy groups -OCH3 is 2. The minimum Gasteiger partial charge on any atom is -0.495 e. The number of ether oxygens (including phenoxy) is 2. The Hall–Kier alpha value is -2.08. The van der Waals surface area contributed by atoms with Crippen LogP contribution in [0.3, 0.4) is 0 Å². The highest BCUT2D eigenvalue weighted by atomic mass is 35.5. The van der Waals surface area contributed by atoms with Crippen molar-refractivity contribution in [2.75, 3.05) is 32.8 Å². The summed E-state index contributed by atoms with van der Waals surface area (Å²) >= 11 is 6.52. The van der Waals surface area contributed by atoms with Crippen LogP contribution in [0.15, 0.2) is 48.6 Å². The number of unbranched alkanes of at least 4 members (excludes halogenated alkanes) is 3. The van der Waals surface area contributed by atoms with Crippen molar-refractivity contribution in [1.29, 1.82) is 0 Å². The van der Waals surface area contributed by atoms with Crippen molar-refractivity contribution in [3.8, 4) is 5.75 Å². The van der Waals surface area contributed by atoms with Gasteiger partial charge in [0.1, 0.15) is 10.8 Å². The maximum atomic E-state index is 12.7. The Kier molecular flexibility index (Phi) is 12.9. The molecule has 0 aliphatic heterocycles. The first-order valence-electron chi connectivity index (χ1n) is 10.6. The summed E-state index contributed by atoms with van der Waals surface area (Å²) in [7, 11) is 4.88. The molecule has 0 aromatic heterocycles. The van der Waals surface area contributed by atoms with Gasteiger partial charge in [0.2, 0.25) is 5.91 Å². The molecule has 6 heteroatoms. The van der Waals surface area contributed by atoms with Crippen molar-refractivity contribution in [3.05, 3.63) is 59.2 Å². The van der Waals surface area contributed by atoms with Crippen LogP contribution in [0.5, 0.6) is 5.75 Å². The Balaban J connectivity index is 2.94. The maximum Gasteiger partial charge on any atom is 0.226 e. The zero-order chi connectivity index (χ0) is 23.2. The van der Waals surface area contributed by atoms with Gasteiger partial charge in [-0.15, -0.1) is 6.58 Å². The fraction of sp³-hybridized carbons (Fsp3) is 0.480. The molecule has 5 nitrogen and oxygen atoms in total. The number of rotatable bonds is 14. The first-order valence-corrected chi connectivity index (χ1v) is 11.0. The molecule has 0 bridgehead atoms. The van der Waals surface area contributed by atoms with Gasteiger partial charge >= 0.3 is 0 Å². The third-order valence-electron chi connectivity index (χ3n) is 5.01.